The minimum absolute atomic E-state index is 0.103. The third-order valence-corrected chi connectivity index (χ3v) is 4.48. The quantitative estimate of drug-likeness (QED) is 0.618. The van der Waals surface area contributed by atoms with Crippen molar-refractivity contribution in [3.8, 4) is 5.75 Å². The number of methoxy groups -OCH3 is 1. The smallest absolute Gasteiger partial charge is 0.273 e. The lowest BCUT2D eigenvalue weighted by atomic mass is 9.92. The maximum atomic E-state index is 11.0. The molecular formula is C16H24N2O3. The third kappa shape index (κ3) is 4.17. The number of nitrogens with zero attached hydrogens (tertiary/aromatic N) is 1. The number of hydrogen-bond acceptors (Lipinski definition) is 4. The zero-order chi connectivity index (χ0) is 15.2. The maximum Gasteiger partial charge on any atom is 0.273 e. The normalized spacial score (nSPS) is 16.9. The Morgan fingerprint density at radius 2 is 2.10 bits per heavy atom. The predicted octanol–water partition coefficient (Wildman–Crippen LogP) is 3.31. The van der Waals surface area contributed by atoms with E-state index in [9.17, 15) is 10.1 Å². The number of ether oxygens (including phenoxy) is 1. The summed E-state index contributed by atoms with van der Waals surface area (Å²) in [5, 5.41) is 14.4. The molecule has 0 amide bonds. The molecule has 1 aromatic rings. The second-order valence-corrected chi connectivity index (χ2v) is 5.77. The number of nitro groups is 1. The summed E-state index contributed by atoms with van der Waals surface area (Å²) >= 11 is 0. The van der Waals surface area contributed by atoms with Gasteiger partial charge in [-0.2, -0.15) is 0 Å². The van der Waals surface area contributed by atoms with Gasteiger partial charge in [0.15, 0.2) is 0 Å². The average molecular weight is 292 g/mol. The molecule has 0 heterocycles. The van der Waals surface area contributed by atoms with E-state index in [2.05, 4.69) is 5.32 Å². The molecule has 0 saturated heterocycles. The van der Waals surface area contributed by atoms with E-state index in [4.69, 9.17) is 4.74 Å². The second-order valence-electron chi connectivity index (χ2n) is 5.77. The van der Waals surface area contributed by atoms with Gasteiger partial charge >= 0.3 is 0 Å². The molecule has 0 aliphatic heterocycles. The van der Waals surface area contributed by atoms with Gasteiger partial charge in [-0.1, -0.05) is 12.8 Å². The average Bonchev–Trinajstić information content (AvgIpc) is 3.01. The molecule has 1 aromatic carbocycles. The van der Waals surface area contributed by atoms with Crippen LogP contribution in [0.1, 0.15) is 37.7 Å². The second kappa shape index (κ2) is 7.41. The Balaban J connectivity index is 2.04. The number of aryl methyl sites for hydroxylation is 1. The molecule has 0 bridgehead atoms. The van der Waals surface area contributed by atoms with E-state index in [0.29, 0.717) is 11.8 Å². The number of rotatable bonds is 7. The van der Waals surface area contributed by atoms with E-state index >= 15 is 0 Å². The van der Waals surface area contributed by atoms with Crippen molar-refractivity contribution >= 4 is 5.69 Å². The predicted molar refractivity (Wildman–Crippen MR) is 82.8 cm³/mol. The molecule has 1 aliphatic carbocycles. The first kappa shape index (κ1) is 15.8. The summed E-state index contributed by atoms with van der Waals surface area (Å²) in [6, 6.07) is 5.52. The van der Waals surface area contributed by atoms with Crippen LogP contribution in [0.25, 0.3) is 0 Å². The molecule has 5 nitrogen and oxygen atoms in total. The van der Waals surface area contributed by atoms with Crippen LogP contribution >= 0.6 is 0 Å². The van der Waals surface area contributed by atoms with Gasteiger partial charge in [0.2, 0.25) is 0 Å². The largest absolute Gasteiger partial charge is 0.496 e. The van der Waals surface area contributed by atoms with E-state index < -0.39 is 0 Å². The molecule has 1 N–H and O–H groups in total. The highest BCUT2D eigenvalue weighted by molar-refractivity contribution is 5.42. The lowest BCUT2D eigenvalue weighted by Gasteiger charge is -2.22. The van der Waals surface area contributed by atoms with Gasteiger partial charge in [0, 0.05) is 12.1 Å². The van der Waals surface area contributed by atoms with E-state index in [-0.39, 0.29) is 10.6 Å². The summed E-state index contributed by atoms with van der Waals surface area (Å²) in [4.78, 5) is 10.6. The molecule has 2 rings (SSSR count). The summed E-state index contributed by atoms with van der Waals surface area (Å²) in [5.74, 6) is 1.30. The molecule has 5 heteroatoms. The van der Waals surface area contributed by atoms with E-state index in [1.165, 1.54) is 38.9 Å². The van der Waals surface area contributed by atoms with Crippen LogP contribution in [-0.4, -0.2) is 25.1 Å². The summed E-state index contributed by atoms with van der Waals surface area (Å²) in [6.45, 7) is 0. The summed E-state index contributed by atoms with van der Waals surface area (Å²) in [7, 11) is 3.55. The van der Waals surface area contributed by atoms with Crippen molar-refractivity contribution in [2.75, 3.05) is 14.2 Å². The van der Waals surface area contributed by atoms with Crippen molar-refractivity contribution in [1.82, 2.24) is 5.32 Å². The van der Waals surface area contributed by atoms with Crippen molar-refractivity contribution in [1.29, 1.82) is 0 Å². The molecule has 116 valence electrons. The Kier molecular flexibility index (Phi) is 5.56. The number of benzene rings is 1. The highest BCUT2D eigenvalue weighted by Crippen LogP contribution is 2.30. The first-order valence-corrected chi connectivity index (χ1v) is 7.63. The van der Waals surface area contributed by atoms with Crippen molar-refractivity contribution in [3.63, 3.8) is 0 Å². The van der Waals surface area contributed by atoms with Crippen LogP contribution in [0.4, 0.5) is 5.69 Å². The van der Waals surface area contributed by atoms with Crippen LogP contribution in [0.5, 0.6) is 5.75 Å². The zero-order valence-electron chi connectivity index (χ0n) is 12.8. The maximum absolute atomic E-state index is 11.0. The van der Waals surface area contributed by atoms with Crippen molar-refractivity contribution in [3.05, 3.63) is 33.9 Å². The van der Waals surface area contributed by atoms with Crippen molar-refractivity contribution < 1.29 is 9.66 Å². The summed E-state index contributed by atoms with van der Waals surface area (Å²) in [5.41, 5.74) is 1.07. The van der Waals surface area contributed by atoms with Crippen LogP contribution in [0, 0.1) is 16.0 Å². The van der Waals surface area contributed by atoms with Crippen LogP contribution in [-0.2, 0) is 6.42 Å². The fourth-order valence-corrected chi connectivity index (χ4v) is 3.31. The number of nitro benzene ring substituents is 1. The fourth-order valence-electron chi connectivity index (χ4n) is 3.31. The van der Waals surface area contributed by atoms with Gasteiger partial charge in [-0.05, 0) is 50.3 Å². The van der Waals surface area contributed by atoms with Gasteiger partial charge in [0.1, 0.15) is 5.75 Å². The first-order valence-electron chi connectivity index (χ1n) is 7.63. The number of nitrogens with one attached hydrogen (secondary N) is 1. The van der Waals surface area contributed by atoms with Gasteiger partial charge in [0.05, 0.1) is 18.1 Å². The SMILES string of the molecule is CNC(CCc1cc(OC)cc([N+](=O)[O-])c1)C1CCCC1. The van der Waals surface area contributed by atoms with Crippen LogP contribution < -0.4 is 10.1 Å². The topological polar surface area (TPSA) is 64.4 Å². The molecule has 1 unspecified atom stereocenters. The Labute approximate surface area is 125 Å². The van der Waals surface area contributed by atoms with E-state index in [0.717, 1.165) is 24.3 Å². The van der Waals surface area contributed by atoms with Gasteiger partial charge < -0.3 is 10.1 Å². The molecule has 1 fully saturated rings. The molecule has 1 saturated carbocycles. The lowest BCUT2D eigenvalue weighted by molar-refractivity contribution is -0.385. The lowest BCUT2D eigenvalue weighted by Crippen LogP contribution is -2.32. The van der Waals surface area contributed by atoms with Crippen LogP contribution in [0.3, 0.4) is 0 Å². The molecule has 0 spiro atoms. The Morgan fingerprint density at radius 1 is 1.38 bits per heavy atom. The minimum Gasteiger partial charge on any atom is -0.496 e. The van der Waals surface area contributed by atoms with Gasteiger partial charge in [-0.3, -0.25) is 10.1 Å². The zero-order valence-corrected chi connectivity index (χ0v) is 12.8. The number of hydrogen-bond donors (Lipinski definition) is 1. The van der Waals surface area contributed by atoms with Crippen molar-refractivity contribution in [2.24, 2.45) is 5.92 Å². The molecule has 0 aromatic heterocycles. The van der Waals surface area contributed by atoms with E-state index in [1.807, 2.05) is 13.1 Å². The van der Waals surface area contributed by atoms with Crippen LogP contribution in [0.15, 0.2) is 18.2 Å². The van der Waals surface area contributed by atoms with Crippen molar-refractivity contribution in [2.45, 2.75) is 44.6 Å². The monoisotopic (exact) mass is 292 g/mol. The molecule has 0 radical (unpaired) electrons. The van der Waals surface area contributed by atoms with E-state index in [1.54, 1.807) is 6.07 Å². The standard InChI is InChI=1S/C16H24N2O3/c1-17-16(13-5-3-4-6-13)8-7-12-9-14(18(19)20)11-15(10-12)21-2/h9-11,13,16-17H,3-8H2,1-2H3. The Bertz CT molecular complexity index is 484. The third-order valence-electron chi connectivity index (χ3n) is 4.48. The minimum atomic E-state index is -0.363. The highest BCUT2D eigenvalue weighted by Gasteiger charge is 2.23. The summed E-state index contributed by atoms with van der Waals surface area (Å²) < 4.78 is 5.16. The molecule has 1 aliphatic rings. The van der Waals surface area contributed by atoms with Gasteiger partial charge in [-0.25, -0.2) is 0 Å². The number of non-ortho nitro benzene ring substituents is 1. The van der Waals surface area contributed by atoms with Crippen LogP contribution in [0.2, 0.25) is 0 Å². The Hall–Kier alpha value is -1.62. The first-order chi connectivity index (χ1) is 10.1. The summed E-state index contributed by atoms with van der Waals surface area (Å²) in [6.07, 6.45) is 7.08. The van der Waals surface area contributed by atoms with Gasteiger partial charge in [0.25, 0.3) is 5.69 Å². The highest BCUT2D eigenvalue weighted by atomic mass is 16.6. The molecule has 1 atom stereocenters. The molecule has 21 heavy (non-hydrogen) atoms. The Morgan fingerprint density at radius 3 is 2.67 bits per heavy atom. The molecular weight excluding hydrogens is 268 g/mol. The fraction of sp³-hybridized carbons (Fsp3) is 0.625. The van der Waals surface area contributed by atoms with Gasteiger partial charge in [-0.15, -0.1) is 0 Å².